The number of nitrogens with zero attached hydrogens (tertiary/aromatic N) is 1. The number of hydrogen-bond acceptors (Lipinski definition) is 6. The summed E-state index contributed by atoms with van der Waals surface area (Å²) in [6, 6.07) is 11.8. The average Bonchev–Trinajstić information content (AvgIpc) is 3.07. The van der Waals surface area contributed by atoms with Gasteiger partial charge < -0.3 is 14.8 Å². The number of rotatable bonds is 7. The van der Waals surface area contributed by atoms with Crippen molar-refractivity contribution in [2.24, 2.45) is 0 Å². The van der Waals surface area contributed by atoms with Crippen LogP contribution in [0.2, 0.25) is 0 Å². The van der Waals surface area contributed by atoms with Gasteiger partial charge in [-0.05, 0) is 61.7 Å². The number of carbonyl (C=O) groups is 2. The van der Waals surface area contributed by atoms with Crippen LogP contribution in [0.3, 0.4) is 0 Å². The first-order valence-electron chi connectivity index (χ1n) is 9.84. The first kappa shape index (κ1) is 22.6. The number of nitrogens with one attached hydrogen (secondary N) is 1. The molecule has 0 aromatic heterocycles. The Morgan fingerprint density at radius 3 is 2.48 bits per heavy atom. The lowest BCUT2D eigenvalue weighted by Gasteiger charge is -2.22. The van der Waals surface area contributed by atoms with Crippen molar-refractivity contribution < 1.29 is 27.5 Å². The SMILES string of the molecule is COc1ccc(CNC(=O)[C@H](C)OC(=O)c2ccc3c(c2)C[C@H](C)N3S(C)(=O)=O)cc1. The number of methoxy groups -OCH3 is 1. The maximum absolute atomic E-state index is 12.5. The van der Waals surface area contributed by atoms with Crippen LogP contribution in [0.25, 0.3) is 0 Å². The summed E-state index contributed by atoms with van der Waals surface area (Å²) in [5, 5.41) is 2.73. The van der Waals surface area contributed by atoms with Crippen molar-refractivity contribution in [2.45, 2.75) is 39.0 Å². The average molecular weight is 447 g/mol. The highest BCUT2D eigenvalue weighted by atomic mass is 32.2. The molecule has 0 saturated heterocycles. The van der Waals surface area contributed by atoms with E-state index in [2.05, 4.69) is 5.32 Å². The van der Waals surface area contributed by atoms with E-state index in [9.17, 15) is 18.0 Å². The monoisotopic (exact) mass is 446 g/mol. The standard InChI is InChI=1S/C22H26N2O6S/c1-14-11-18-12-17(7-10-20(18)24(14)31(4,27)28)22(26)30-15(2)21(25)23-13-16-5-8-19(29-3)9-6-16/h5-10,12,14-15H,11,13H2,1-4H3,(H,23,25)/t14-,15-/m0/s1. The molecule has 1 aliphatic rings. The third kappa shape index (κ3) is 5.16. The van der Waals surface area contributed by atoms with Gasteiger partial charge in [0.2, 0.25) is 10.0 Å². The van der Waals surface area contributed by atoms with Gasteiger partial charge in [-0.25, -0.2) is 13.2 Å². The predicted molar refractivity (Wildman–Crippen MR) is 117 cm³/mol. The molecule has 0 aliphatic carbocycles. The quantitative estimate of drug-likeness (QED) is 0.655. The van der Waals surface area contributed by atoms with Crippen molar-refractivity contribution in [2.75, 3.05) is 17.7 Å². The van der Waals surface area contributed by atoms with Crippen LogP contribution in [0.15, 0.2) is 42.5 Å². The van der Waals surface area contributed by atoms with Crippen molar-refractivity contribution in [3.05, 3.63) is 59.2 Å². The minimum absolute atomic E-state index is 0.223. The molecule has 0 radical (unpaired) electrons. The lowest BCUT2D eigenvalue weighted by Crippen LogP contribution is -2.35. The third-order valence-corrected chi connectivity index (χ3v) is 6.38. The van der Waals surface area contributed by atoms with E-state index in [0.29, 0.717) is 18.7 Å². The van der Waals surface area contributed by atoms with Gasteiger partial charge in [-0.1, -0.05) is 12.1 Å². The molecule has 2 aromatic carbocycles. The Morgan fingerprint density at radius 1 is 1.19 bits per heavy atom. The maximum Gasteiger partial charge on any atom is 0.338 e. The number of amides is 1. The molecule has 0 bridgehead atoms. The number of anilines is 1. The highest BCUT2D eigenvalue weighted by Gasteiger charge is 2.33. The van der Waals surface area contributed by atoms with E-state index in [1.165, 1.54) is 17.3 Å². The Morgan fingerprint density at radius 2 is 1.87 bits per heavy atom. The highest BCUT2D eigenvalue weighted by molar-refractivity contribution is 7.92. The van der Waals surface area contributed by atoms with Gasteiger partial charge in [-0.3, -0.25) is 9.10 Å². The Labute approximate surface area is 182 Å². The Kier molecular flexibility index (Phi) is 6.54. The van der Waals surface area contributed by atoms with E-state index in [1.807, 2.05) is 19.1 Å². The zero-order chi connectivity index (χ0) is 22.8. The Balaban J connectivity index is 1.60. The minimum atomic E-state index is -3.40. The summed E-state index contributed by atoms with van der Waals surface area (Å²) >= 11 is 0. The normalized spacial score (nSPS) is 16.4. The second-order valence-electron chi connectivity index (χ2n) is 7.57. The van der Waals surface area contributed by atoms with Crippen LogP contribution in [0, 0.1) is 0 Å². The molecule has 0 saturated carbocycles. The topological polar surface area (TPSA) is 102 Å². The Bertz CT molecular complexity index is 1080. The molecule has 31 heavy (non-hydrogen) atoms. The third-order valence-electron chi connectivity index (χ3n) is 5.10. The fraction of sp³-hybridized carbons (Fsp3) is 0.364. The molecule has 1 N–H and O–H groups in total. The molecular formula is C22H26N2O6S. The Hall–Kier alpha value is -3.07. The zero-order valence-electron chi connectivity index (χ0n) is 17.9. The van der Waals surface area contributed by atoms with E-state index < -0.39 is 28.0 Å². The number of sulfonamides is 1. The molecule has 0 fully saturated rings. The van der Waals surface area contributed by atoms with Crippen molar-refractivity contribution in [3.63, 3.8) is 0 Å². The summed E-state index contributed by atoms with van der Waals surface area (Å²) in [7, 11) is -1.83. The van der Waals surface area contributed by atoms with Gasteiger partial charge in [-0.15, -0.1) is 0 Å². The van der Waals surface area contributed by atoms with Gasteiger partial charge in [0.05, 0.1) is 24.6 Å². The van der Waals surface area contributed by atoms with Crippen molar-refractivity contribution in [3.8, 4) is 5.75 Å². The fourth-order valence-electron chi connectivity index (χ4n) is 3.59. The molecule has 8 nitrogen and oxygen atoms in total. The van der Waals surface area contributed by atoms with Crippen LogP contribution in [0.5, 0.6) is 5.75 Å². The zero-order valence-corrected chi connectivity index (χ0v) is 18.7. The first-order valence-corrected chi connectivity index (χ1v) is 11.7. The van der Waals surface area contributed by atoms with Gasteiger partial charge >= 0.3 is 5.97 Å². The largest absolute Gasteiger partial charge is 0.497 e. The lowest BCUT2D eigenvalue weighted by molar-refractivity contribution is -0.129. The lowest BCUT2D eigenvalue weighted by atomic mass is 10.1. The molecule has 2 aromatic rings. The number of ether oxygens (including phenoxy) is 2. The van der Waals surface area contributed by atoms with Gasteiger partial charge in [0.25, 0.3) is 5.91 Å². The van der Waals surface area contributed by atoms with Gasteiger partial charge in [0.15, 0.2) is 6.10 Å². The van der Waals surface area contributed by atoms with E-state index in [0.717, 1.165) is 23.1 Å². The van der Waals surface area contributed by atoms with Crippen LogP contribution in [0.1, 0.15) is 35.3 Å². The van der Waals surface area contributed by atoms with Gasteiger partial charge in [-0.2, -0.15) is 0 Å². The first-order chi connectivity index (χ1) is 14.6. The second kappa shape index (κ2) is 8.97. The van der Waals surface area contributed by atoms with E-state index in [1.54, 1.807) is 31.4 Å². The number of benzene rings is 2. The van der Waals surface area contributed by atoms with Gasteiger partial charge in [0.1, 0.15) is 5.75 Å². The fourth-order valence-corrected chi connectivity index (χ4v) is 4.86. The van der Waals surface area contributed by atoms with Crippen molar-refractivity contribution >= 4 is 27.6 Å². The second-order valence-corrected chi connectivity index (χ2v) is 9.43. The van der Waals surface area contributed by atoms with Crippen LogP contribution in [-0.2, 0) is 32.5 Å². The summed E-state index contributed by atoms with van der Waals surface area (Å²) < 4.78 is 35.8. The maximum atomic E-state index is 12.5. The molecule has 1 amide bonds. The molecule has 0 unspecified atom stereocenters. The molecule has 1 aliphatic heterocycles. The summed E-state index contributed by atoms with van der Waals surface area (Å²) in [6.45, 7) is 3.61. The predicted octanol–water partition coefficient (Wildman–Crippen LogP) is 2.27. The van der Waals surface area contributed by atoms with E-state index in [-0.39, 0.29) is 11.6 Å². The summed E-state index contributed by atoms with van der Waals surface area (Å²) in [5.41, 5.74) is 2.48. The smallest absolute Gasteiger partial charge is 0.338 e. The van der Waals surface area contributed by atoms with Crippen LogP contribution in [-0.4, -0.2) is 45.8 Å². The summed E-state index contributed by atoms with van der Waals surface area (Å²) in [4.78, 5) is 24.8. The molecular weight excluding hydrogens is 420 g/mol. The van der Waals surface area contributed by atoms with E-state index >= 15 is 0 Å². The molecule has 2 atom stereocenters. The molecule has 9 heteroatoms. The molecule has 1 heterocycles. The van der Waals surface area contributed by atoms with Crippen molar-refractivity contribution in [1.29, 1.82) is 0 Å². The molecule has 0 spiro atoms. The van der Waals surface area contributed by atoms with Crippen LogP contribution in [0.4, 0.5) is 5.69 Å². The highest BCUT2D eigenvalue weighted by Crippen LogP contribution is 2.34. The minimum Gasteiger partial charge on any atom is -0.497 e. The molecule has 166 valence electrons. The number of esters is 1. The summed E-state index contributed by atoms with van der Waals surface area (Å²) in [6.07, 6.45) is 0.680. The number of hydrogen-bond donors (Lipinski definition) is 1. The van der Waals surface area contributed by atoms with Crippen LogP contribution < -0.4 is 14.4 Å². The van der Waals surface area contributed by atoms with Crippen molar-refractivity contribution in [1.82, 2.24) is 5.32 Å². The number of carbonyl (C=O) groups excluding carboxylic acids is 2. The molecule has 3 rings (SSSR count). The van der Waals surface area contributed by atoms with Gasteiger partial charge in [0, 0.05) is 12.6 Å². The van der Waals surface area contributed by atoms with E-state index in [4.69, 9.17) is 9.47 Å². The summed E-state index contributed by atoms with van der Waals surface area (Å²) in [5.74, 6) is -0.330. The van der Waals surface area contributed by atoms with Crippen LogP contribution >= 0.6 is 0 Å². The number of fused-ring (bicyclic) bond motifs is 1.